The van der Waals surface area contributed by atoms with Gasteiger partial charge in [0, 0.05) is 31.9 Å². The lowest BCUT2D eigenvalue weighted by Gasteiger charge is -2.16. The third kappa shape index (κ3) is 5.15. The van der Waals surface area contributed by atoms with Gasteiger partial charge in [0.15, 0.2) is 0 Å². The van der Waals surface area contributed by atoms with Gasteiger partial charge in [-0.3, -0.25) is 4.68 Å². The summed E-state index contributed by atoms with van der Waals surface area (Å²) in [4.78, 5) is 2.36. The fraction of sp³-hybridized carbons (Fsp3) is 0.438. The topological polar surface area (TPSA) is 33.1 Å². The highest BCUT2D eigenvalue weighted by atomic mass is 15.2. The average molecular weight is 272 g/mol. The lowest BCUT2D eigenvalue weighted by molar-refractivity contribution is 0.319. The third-order valence-electron chi connectivity index (χ3n) is 3.28. The quantitative estimate of drug-likeness (QED) is 0.747. The Labute approximate surface area is 121 Å². The summed E-state index contributed by atoms with van der Waals surface area (Å²) in [6, 6.07) is 10.6. The molecule has 0 saturated heterocycles. The molecule has 4 nitrogen and oxygen atoms in total. The van der Waals surface area contributed by atoms with Gasteiger partial charge < -0.3 is 10.2 Å². The molecule has 20 heavy (non-hydrogen) atoms. The van der Waals surface area contributed by atoms with Gasteiger partial charge in [-0.2, -0.15) is 5.10 Å². The van der Waals surface area contributed by atoms with Crippen LogP contribution in [0, 0.1) is 0 Å². The SMILES string of the molecule is CN(CCCNCc1cnn(C)c1)Cc1ccccc1. The van der Waals surface area contributed by atoms with Gasteiger partial charge >= 0.3 is 0 Å². The number of hydrogen-bond donors (Lipinski definition) is 1. The molecule has 0 spiro atoms. The van der Waals surface area contributed by atoms with Gasteiger partial charge in [-0.15, -0.1) is 0 Å². The van der Waals surface area contributed by atoms with Crippen molar-refractivity contribution in [3.8, 4) is 0 Å². The van der Waals surface area contributed by atoms with Crippen molar-refractivity contribution in [3.63, 3.8) is 0 Å². The van der Waals surface area contributed by atoms with Crippen molar-refractivity contribution in [1.29, 1.82) is 0 Å². The summed E-state index contributed by atoms with van der Waals surface area (Å²) in [5, 5.41) is 7.61. The molecule has 1 aromatic heterocycles. The zero-order chi connectivity index (χ0) is 14.2. The second kappa shape index (κ2) is 7.82. The molecule has 0 amide bonds. The maximum Gasteiger partial charge on any atom is 0.0534 e. The van der Waals surface area contributed by atoms with Crippen LogP contribution in [-0.4, -0.2) is 34.8 Å². The normalized spacial score (nSPS) is 11.2. The van der Waals surface area contributed by atoms with Crippen LogP contribution in [0.2, 0.25) is 0 Å². The molecule has 0 saturated carbocycles. The van der Waals surface area contributed by atoms with E-state index in [1.165, 1.54) is 11.1 Å². The van der Waals surface area contributed by atoms with Gasteiger partial charge in [0.2, 0.25) is 0 Å². The summed E-state index contributed by atoms with van der Waals surface area (Å²) in [6.07, 6.45) is 5.12. The molecule has 1 aromatic carbocycles. The molecular formula is C16H24N4. The van der Waals surface area contributed by atoms with E-state index in [0.717, 1.165) is 32.6 Å². The van der Waals surface area contributed by atoms with E-state index in [-0.39, 0.29) is 0 Å². The number of benzene rings is 1. The molecule has 108 valence electrons. The largest absolute Gasteiger partial charge is 0.313 e. The summed E-state index contributed by atoms with van der Waals surface area (Å²) in [5.74, 6) is 0. The van der Waals surface area contributed by atoms with Gasteiger partial charge in [0.05, 0.1) is 6.20 Å². The minimum absolute atomic E-state index is 0.899. The van der Waals surface area contributed by atoms with Crippen molar-refractivity contribution in [2.75, 3.05) is 20.1 Å². The Bertz CT molecular complexity index is 492. The molecule has 0 radical (unpaired) electrons. The fourth-order valence-corrected chi connectivity index (χ4v) is 2.24. The maximum absolute atomic E-state index is 4.16. The number of nitrogens with zero attached hydrogens (tertiary/aromatic N) is 3. The number of nitrogens with one attached hydrogen (secondary N) is 1. The van der Waals surface area contributed by atoms with Gasteiger partial charge in [0.1, 0.15) is 0 Å². The van der Waals surface area contributed by atoms with Gasteiger partial charge in [-0.25, -0.2) is 0 Å². The van der Waals surface area contributed by atoms with Crippen LogP contribution in [0.4, 0.5) is 0 Å². The molecule has 0 unspecified atom stereocenters. The Hall–Kier alpha value is -1.65. The first-order valence-electron chi connectivity index (χ1n) is 7.15. The number of aryl methyl sites for hydroxylation is 1. The maximum atomic E-state index is 4.16. The molecule has 0 aliphatic rings. The van der Waals surface area contributed by atoms with Crippen molar-refractivity contribution < 1.29 is 0 Å². The first kappa shape index (κ1) is 14.8. The smallest absolute Gasteiger partial charge is 0.0534 e. The molecule has 2 aromatic rings. The molecule has 0 aliphatic heterocycles. The van der Waals surface area contributed by atoms with E-state index in [1.807, 2.05) is 17.9 Å². The summed E-state index contributed by atoms with van der Waals surface area (Å²) in [5.41, 5.74) is 2.61. The summed E-state index contributed by atoms with van der Waals surface area (Å²) < 4.78 is 1.84. The molecule has 4 heteroatoms. The highest BCUT2D eigenvalue weighted by Gasteiger charge is 2.00. The van der Waals surface area contributed by atoms with Crippen LogP contribution in [0.3, 0.4) is 0 Å². The van der Waals surface area contributed by atoms with Crippen LogP contribution in [0.1, 0.15) is 17.5 Å². The monoisotopic (exact) mass is 272 g/mol. The zero-order valence-corrected chi connectivity index (χ0v) is 12.4. The van der Waals surface area contributed by atoms with E-state index in [2.05, 4.69) is 58.9 Å². The van der Waals surface area contributed by atoms with Crippen LogP contribution in [0.5, 0.6) is 0 Å². The molecule has 0 fully saturated rings. The first-order chi connectivity index (χ1) is 9.74. The molecule has 0 bridgehead atoms. The highest BCUT2D eigenvalue weighted by Crippen LogP contribution is 2.02. The van der Waals surface area contributed by atoms with Crippen molar-refractivity contribution in [3.05, 3.63) is 53.9 Å². The standard InChI is InChI=1S/C16H24N4/c1-19(13-15-7-4-3-5-8-15)10-6-9-17-11-16-12-18-20(2)14-16/h3-5,7-8,12,14,17H,6,9-11,13H2,1-2H3. The predicted molar refractivity (Wildman–Crippen MR) is 82.3 cm³/mol. The molecule has 0 atom stereocenters. The van der Waals surface area contributed by atoms with Crippen molar-refractivity contribution in [2.45, 2.75) is 19.5 Å². The summed E-state index contributed by atoms with van der Waals surface area (Å²) >= 11 is 0. The van der Waals surface area contributed by atoms with Gasteiger partial charge in [-0.05, 0) is 32.1 Å². The van der Waals surface area contributed by atoms with Crippen LogP contribution in [-0.2, 0) is 20.1 Å². The van der Waals surface area contributed by atoms with Crippen LogP contribution < -0.4 is 5.32 Å². The zero-order valence-electron chi connectivity index (χ0n) is 12.4. The van der Waals surface area contributed by atoms with E-state index < -0.39 is 0 Å². The highest BCUT2D eigenvalue weighted by molar-refractivity contribution is 5.14. The minimum Gasteiger partial charge on any atom is -0.313 e. The Morgan fingerprint density at radius 3 is 2.70 bits per heavy atom. The molecular weight excluding hydrogens is 248 g/mol. The van der Waals surface area contributed by atoms with E-state index >= 15 is 0 Å². The van der Waals surface area contributed by atoms with E-state index in [4.69, 9.17) is 0 Å². The van der Waals surface area contributed by atoms with Crippen LogP contribution in [0.25, 0.3) is 0 Å². The fourth-order valence-electron chi connectivity index (χ4n) is 2.24. The van der Waals surface area contributed by atoms with Gasteiger partial charge in [-0.1, -0.05) is 30.3 Å². The Kier molecular flexibility index (Phi) is 5.77. The van der Waals surface area contributed by atoms with E-state index in [0.29, 0.717) is 0 Å². The average Bonchev–Trinajstić information content (AvgIpc) is 2.85. The lowest BCUT2D eigenvalue weighted by atomic mass is 10.2. The molecule has 1 heterocycles. The number of aromatic nitrogens is 2. The second-order valence-corrected chi connectivity index (χ2v) is 5.28. The molecule has 0 aliphatic carbocycles. The Morgan fingerprint density at radius 2 is 2.00 bits per heavy atom. The van der Waals surface area contributed by atoms with Crippen molar-refractivity contribution >= 4 is 0 Å². The summed E-state index contributed by atoms with van der Waals surface area (Å²) in [7, 11) is 4.12. The first-order valence-corrected chi connectivity index (χ1v) is 7.15. The van der Waals surface area contributed by atoms with Gasteiger partial charge in [0.25, 0.3) is 0 Å². The Balaban J connectivity index is 1.56. The third-order valence-corrected chi connectivity index (χ3v) is 3.28. The lowest BCUT2D eigenvalue weighted by Crippen LogP contribution is -2.23. The van der Waals surface area contributed by atoms with E-state index in [9.17, 15) is 0 Å². The Morgan fingerprint density at radius 1 is 1.20 bits per heavy atom. The number of hydrogen-bond acceptors (Lipinski definition) is 3. The molecule has 2 rings (SSSR count). The predicted octanol–water partition coefficient (Wildman–Crippen LogP) is 2.03. The minimum atomic E-state index is 0.899. The van der Waals surface area contributed by atoms with Crippen molar-refractivity contribution in [1.82, 2.24) is 20.0 Å². The molecule has 1 N–H and O–H groups in total. The summed E-state index contributed by atoms with van der Waals surface area (Å²) in [6.45, 7) is 4.06. The van der Waals surface area contributed by atoms with Crippen molar-refractivity contribution in [2.24, 2.45) is 7.05 Å². The van der Waals surface area contributed by atoms with Crippen LogP contribution in [0.15, 0.2) is 42.7 Å². The number of rotatable bonds is 8. The van der Waals surface area contributed by atoms with E-state index in [1.54, 1.807) is 0 Å². The van der Waals surface area contributed by atoms with Crippen LogP contribution >= 0.6 is 0 Å². The second-order valence-electron chi connectivity index (χ2n) is 5.28.